The van der Waals surface area contributed by atoms with Crippen LogP contribution in [0.25, 0.3) is 0 Å². The number of thiophene rings is 1. The normalized spacial score (nSPS) is 15.6. The highest BCUT2D eigenvalue weighted by atomic mass is 32.1. The Morgan fingerprint density at radius 2 is 1.95 bits per heavy atom. The molecule has 6 nitrogen and oxygen atoms in total. The lowest BCUT2D eigenvalue weighted by molar-refractivity contribution is -0.135. The molecule has 0 radical (unpaired) electrons. The molecule has 0 spiro atoms. The molecule has 4 rings (SSSR count). The molecule has 0 saturated heterocycles. The second-order valence-corrected chi connectivity index (χ2v) is 10.4. The Morgan fingerprint density at radius 3 is 2.70 bits per heavy atom. The van der Waals surface area contributed by atoms with Gasteiger partial charge in [-0.25, -0.2) is 4.39 Å². The minimum Gasteiger partial charge on any atom is -0.497 e. The molecule has 0 saturated carbocycles. The molecule has 1 aliphatic heterocycles. The van der Waals surface area contributed by atoms with Crippen molar-refractivity contribution < 1.29 is 23.5 Å². The van der Waals surface area contributed by atoms with Gasteiger partial charge in [-0.3, -0.25) is 9.59 Å². The van der Waals surface area contributed by atoms with E-state index < -0.39 is 0 Å². The Morgan fingerprint density at radius 1 is 1.16 bits per heavy atom. The number of hydrogen-bond donors (Lipinski definition) is 0. The summed E-state index contributed by atoms with van der Waals surface area (Å²) in [4.78, 5) is 31.9. The van der Waals surface area contributed by atoms with E-state index >= 15 is 0 Å². The summed E-state index contributed by atoms with van der Waals surface area (Å²) in [5.41, 5.74) is 1.54. The van der Waals surface area contributed by atoms with E-state index in [2.05, 4.69) is 13.8 Å². The molecule has 37 heavy (non-hydrogen) atoms. The molecule has 0 unspecified atom stereocenters. The van der Waals surface area contributed by atoms with Crippen molar-refractivity contribution >= 4 is 23.2 Å². The number of methoxy groups -OCH3 is 1. The zero-order chi connectivity index (χ0) is 26.4. The SMILES string of the molecule is CC[C@H](C)CN(CC(=O)N1CCc2sccc2[C@H]1COc1cccc(F)c1)C(=O)c1cccc(OC)c1. The molecule has 0 fully saturated rings. The molecule has 0 bridgehead atoms. The van der Waals surface area contributed by atoms with Crippen LogP contribution in [0.3, 0.4) is 0 Å². The highest BCUT2D eigenvalue weighted by Gasteiger charge is 2.34. The first-order chi connectivity index (χ1) is 17.9. The molecule has 1 aromatic heterocycles. The number of rotatable bonds is 10. The molecule has 1 aliphatic rings. The van der Waals surface area contributed by atoms with Crippen LogP contribution >= 0.6 is 11.3 Å². The van der Waals surface area contributed by atoms with Crippen molar-refractivity contribution in [1.29, 1.82) is 0 Å². The number of hydrogen-bond acceptors (Lipinski definition) is 5. The van der Waals surface area contributed by atoms with Crippen LogP contribution in [0.15, 0.2) is 60.0 Å². The number of carbonyl (C=O) groups excluding carboxylic acids is 2. The number of amides is 2. The lowest BCUT2D eigenvalue weighted by Gasteiger charge is -2.37. The first-order valence-corrected chi connectivity index (χ1v) is 13.4. The van der Waals surface area contributed by atoms with E-state index in [4.69, 9.17) is 9.47 Å². The Bertz CT molecular complexity index is 1230. The second-order valence-electron chi connectivity index (χ2n) is 9.35. The molecule has 196 valence electrons. The van der Waals surface area contributed by atoms with E-state index in [1.165, 1.54) is 17.0 Å². The predicted molar refractivity (Wildman–Crippen MR) is 143 cm³/mol. The quantitative estimate of drug-likeness (QED) is 0.347. The lowest BCUT2D eigenvalue weighted by atomic mass is 10.00. The fraction of sp³-hybridized carbons (Fsp3) is 0.379. The number of nitrogens with zero attached hydrogens (tertiary/aromatic N) is 2. The summed E-state index contributed by atoms with van der Waals surface area (Å²) >= 11 is 1.67. The Labute approximate surface area is 221 Å². The smallest absolute Gasteiger partial charge is 0.254 e. The van der Waals surface area contributed by atoms with Gasteiger partial charge < -0.3 is 19.3 Å². The predicted octanol–water partition coefficient (Wildman–Crippen LogP) is 5.59. The number of fused-ring (bicyclic) bond motifs is 1. The molecule has 2 aromatic carbocycles. The number of ether oxygens (including phenoxy) is 2. The van der Waals surface area contributed by atoms with E-state index in [0.29, 0.717) is 30.2 Å². The Hall–Kier alpha value is -3.39. The fourth-order valence-corrected chi connectivity index (χ4v) is 5.45. The van der Waals surface area contributed by atoms with E-state index in [-0.39, 0.29) is 42.7 Å². The minimum absolute atomic E-state index is 0.0314. The van der Waals surface area contributed by atoms with Crippen molar-refractivity contribution in [3.63, 3.8) is 0 Å². The topological polar surface area (TPSA) is 59.1 Å². The molecule has 0 N–H and O–H groups in total. The first-order valence-electron chi connectivity index (χ1n) is 12.6. The van der Waals surface area contributed by atoms with Crippen molar-refractivity contribution in [3.05, 3.63) is 81.8 Å². The summed E-state index contributed by atoms with van der Waals surface area (Å²) in [6.45, 7) is 5.33. The van der Waals surface area contributed by atoms with Gasteiger partial charge in [0.05, 0.1) is 13.2 Å². The van der Waals surface area contributed by atoms with Crippen LogP contribution in [-0.4, -0.2) is 55.0 Å². The van der Waals surface area contributed by atoms with E-state index in [0.717, 1.165) is 18.4 Å². The van der Waals surface area contributed by atoms with Gasteiger partial charge in [-0.1, -0.05) is 32.4 Å². The van der Waals surface area contributed by atoms with Gasteiger partial charge in [-0.2, -0.15) is 0 Å². The van der Waals surface area contributed by atoms with Crippen LogP contribution in [-0.2, 0) is 11.2 Å². The van der Waals surface area contributed by atoms with E-state index in [9.17, 15) is 14.0 Å². The summed E-state index contributed by atoms with van der Waals surface area (Å²) in [6.07, 6.45) is 1.65. The van der Waals surface area contributed by atoms with Gasteiger partial charge in [0.15, 0.2) is 0 Å². The van der Waals surface area contributed by atoms with Crippen LogP contribution in [0, 0.1) is 11.7 Å². The largest absolute Gasteiger partial charge is 0.497 e. The highest BCUT2D eigenvalue weighted by Crippen LogP contribution is 2.34. The molecular formula is C29H33FN2O4S. The number of halogens is 1. The summed E-state index contributed by atoms with van der Waals surface area (Å²) in [6, 6.07) is 14.7. The number of carbonyl (C=O) groups is 2. The van der Waals surface area contributed by atoms with Gasteiger partial charge in [-0.05, 0) is 59.7 Å². The first kappa shape index (κ1) is 26.7. The standard InChI is InChI=1S/C29H33FN2O4S/c1-4-20(2)17-31(29(34)21-7-5-9-23(15-21)35-3)18-28(33)32-13-11-27-25(12-14-37-27)26(32)19-36-24-10-6-8-22(30)16-24/h5-10,12,14-16,20,26H,4,11,13,17-19H2,1-3H3/t20-,26+/m0/s1. The maximum Gasteiger partial charge on any atom is 0.254 e. The average Bonchev–Trinajstić information content (AvgIpc) is 3.40. The maximum absolute atomic E-state index is 13.7. The van der Waals surface area contributed by atoms with Gasteiger partial charge in [0.25, 0.3) is 5.91 Å². The van der Waals surface area contributed by atoms with Gasteiger partial charge in [0, 0.05) is 29.6 Å². The summed E-state index contributed by atoms with van der Waals surface area (Å²) in [5, 5.41) is 2.02. The third-order valence-electron chi connectivity index (χ3n) is 6.78. The van der Waals surface area contributed by atoms with Crippen LogP contribution in [0.5, 0.6) is 11.5 Å². The van der Waals surface area contributed by atoms with Gasteiger partial charge in [-0.15, -0.1) is 11.3 Å². The highest BCUT2D eigenvalue weighted by molar-refractivity contribution is 7.10. The molecule has 2 heterocycles. The third kappa shape index (κ3) is 6.49. The van der Waals surface area contributed by atoms with Crippen LogP contribution in [0.1, 0.15) is 47.1 Å². The fourth-order valence-electron chi connectivity index (χ4n) is 4.52. The average molecular weight is 525 g/mol. The molecule has 2 amide bonds. The monoisotopic (exact) mass is 524 g/mol. The van der Waals surface area contributed by atoms with Gasteiger partial charge in [0.1, 0.15) is 30.5 Å². The van der Waals surface area contributed by atoms with E-state index in [1.54, 1.807) is 64.6 Å². The maximum atomic E-state index is 13.7. The lowest BCUT2D eigenvalue weighted by Crippen LogP contribution is -2.48. The van der Waals surface area contributed by atoms with Gasteiger partial charge in [0.2, 0.25) is 5.91 Å². The van der Waals surface area contributed by atoms with Crippen molar-refractivity contribution in [2.45, 2.75) is 32.7 Å². The van der Waals surface area contributed by atoms with E-state index in [1.807, 2.05) is 11.4 Å². The van der Waals surface area contributed by atoms with Crippen molar-refractivity contribution in [2.75, 3.05) is 33.4 Å². The molecule has 0 aliphatic carbocycles. The summed E-state index contributed by atoms with van der Waals surface area (Å²) in [5.74, 6) is 0.538. The van der Waals surface area contributed by atoms with Crippen LogP contribution < -0.4 is 9.47 Å². The molecule has 3 aromatic rings. The molecule has 2 atom stereocenters. The summed E-state index contributed by atoms with van der Waals surface area (Å²) < 4.78 is 24.9. The Kier molecular flexibility index (Phi) is 8.82. The molecular weight excluding hydrogens is 491 g/mol. The number of benzene rings is 2. The molecule has 8 heteroatoms. The second kappa shape index (κ2) is 12.2. The van der Waals surface area contributed by atoms with Crippen molar-refractivity contribution in [2.24, 2.45) is 5.92 Å². The summed E-state index contributed by atoms with van der Waals surface area (Å²) in [7, 11) is 1.56. The van der Waals surface area contributed by atoms with Crippen molar-refractivity contribution in [3.8, 4) is 11.5 Å². The Balaban J connectivity index is 1.55. The minimum atomic E-state index is -0.373. The van der Waals surface area contributed by atoms with Gasteiger partial charge >= 0.3 is 0 Å². The van der Waals surface area contributed by atoms with Crippen LogP contribution in [0.2, 0.25) is 0 Å². The van der Waals surface area contributed by atoms with Crippen LogP contribution in [0.4, 0.5) is 4.39 Å². The zero-order valence-corrected chi connectivity index (χ0v) is 22.3. The third-order valence-corrected chi connectivity index (χ3v) is 7.77. The zero-order valence-electron chi connectivity index (χ0n) is 21.5. The van der Waals surface area contributed by atoms with Crippen molar-refractivity contribution in [1.82, 2.24) is 9.80 Å².